The molecule has 1 fully saturated rings. The number of nitrogens with one attached hydrogen (secondary N) is 1. The summed E-state index contributed by atoms with van der Waals surface area (Å²) in [5.74, 6) is 0.0840. The Kier molecular flexibility index (Phi) is 5.53. The van der Waals surface area contributed by atoms with Crippen LogP contribution < -0.4 is 21.7 Å². The van der Waals surface area contributed by atoms with Crippen molar-refractivity contribution < 1.29 is 19.7 Å². The van der Waals surface area contributed by atoms with Gasteiger partial charge < -0.3 is 36.6 Å². The quantitative estimate of drug-likeness (QED) is 0.345. The topological polar surface area (TPSA) is 178 Å². The van der Waals surface area contributed by atoms with Crippen molar-refractivity contribution in [2.24, 2.45) is 11.5 Å². The summed E-state index contributed by atoms with van der Waals surface area (Å²) in [4.78, 5) is 26.6. The Balaban J connectivity index is 1.91. The normalized spacial score (nSPS) is 26.3. The third kappa shape index (κ3) is 3.44. The number of rotatable bonds is 6. The maximum Gasteiger partial charge on any atom is 0.238 e. The van der Waals surface area contributed by atoms with E-state index in [0.29, 0.717) is 17.0 Å². The molecule has 2 aromatic heterocycles. The van der Waals surface area contributed by atoms with Crippen molar-refractivity contribution in [3.8, 4) is 0 Å². The van der Waals surface area contributed by atoms with Crippen molar-refractivity contribution >= 4 is 22.9 Å². The molecule has 0 aromatic carbocycles. The number of fused-ring (bicyclic) bond motifs is 1. The zero-order chi connectivity index (χ0) is 19.7. The molecular weight excluding hydrogens is 356 g/mol. The van der Waals surface area contributed by atoms with Crippen LogP contribution in [-0.4, -0.2) is 87.2 Å². The van der Waals surface area contributed by atoms with Gasteiger partial charge in [0.25, 0.3) is 0 Å². The van der Waals surface area contributed by atoms with E-state index in [1.165, 1.54) is 12.7 Å². The zero-order valence-electron chi connectivity index (χ0n) is 15.1. The third-order valence-electron chi connectivity index (χ3n) is 4.49. The lowest BCUT2D eigenvalue weighted by Gasteiger charge is -2.22. The standard InChI is InChI=1S/C15H24N8O4/c1-22(2)12-10-13(19-5-18-12)23(6-20-10)15-11(25)9(8(4-24)27-15)21-14(26)7(17)3-16/h5-9,11,15,24-25H,3-4,16-17H2,1-2H3,(H,21,26). The molecule has 148 valence electrons. The first-order valence-corrected chi connectivity index (χ1v) is 8.44. The molecule has 1 saturated heterocycles. The van der Waals surface area contributed by atoms with Gasteiger partial charge in [0, 0.05) is 20.6 Å². The Morgan fingerprint density at radius 1 is 1.44 bits per heavy atom. The largest absolute Gasteiger partial charge is 0.394 e. The zero-order valence-corrected chi connectivity index (χ0v) is 15.1. The molecular formula is C15H24N8O4. The second kappa shape index (κ2) is 7.70. The minimum Gasteiger partial charge on any atom is -0.394 e. The van der Waals surface area contributed by atoms with Gasteiger partial charge in [0.1, 0.15) is 18.5 Å². The lowest BCUT2D eigenvalue weighted by Crippen LogP contribution is -2.54. The maximum atomic E-state index is 12.1. The van der Waals surface area contributed by atoms with E-state index >= 15 is 0 Å². The molecule has 0 spiro atoms. The molecule has 7 N–H and O–H groups in total. The number of carbonyl (C=O) groups is 1. The smallest absolute Gasteiger partial charge is 0.238 e. The summed E-state index contributed by atoms with van der Waals surface area (Å²) >= 11 is 0. The Bertz CT molecular complexity index is 812. The summed E-state index contributed by atoms with van der Waals surface area (Å²) in [5.41, 5.74) is 12.0. The molecule has 27 heavy (non-hydrogen) atoms. The van der Waals surface area contributed by atoms with Crippen LogP contribution in [0, 0.1) is 0 Å². The van der Waals surface area contributed by atoms with Gasteiger partial charge in [-0.25, -0.2) is 15.0 Å². The highest BCUT2D eigenvalue weighted by atomic mass is 16.5. The number of anilines is 1. The molecule has 0 saturated carbocycles. The Morgan fingerprint density at radius 2 is 2.19 bits per heavy atom. The number of hydrogen-bond donors (Lipinski definition) is 5. The van der Waals surface area contributed by atoms with E-state index in [0.717, 1.165) is 0 Å². The van der Waals surface area contributed by atoms with E-state index in [2.05, 4.69) is 20.3 Å². The number of imidazole rings is 1. The van der Waals surface area contributed by atoms with Crippen molar-refractivity contribution in [2.75, 3.05) is 32.1 Å². The van der Waals surface area contributed by atoms with Crippen molar-refractivity contribution in [3.05, 3.63) is 12.7 Å². The number of nitrogens with zero attached hydrogens (tertiary/aromatic N) is 5. The first-order chi connectivity index (χ1) is 12.9. The molecule has 0 radical (unpaired) electrons. The van der Waals surface area contributed by atoms with Crippen molar-refractivity contribution in [1.82, 2.24) is 24.8 Å². The maximum absolute atomic E-state index is 12.1. The van der Waals surface area contributed by atoms with Crippen LogP contribution in [0.5, 0.6) is 0 Å². The molecule has 5 unspecified atom stereocenters. The Morgan fingerprint density at radius 3 is 2.81 bits per heavy atom. The fraction of sp³-hybridized carbons (Fsp3) is 0.600. The van der Waals surface area contributed by atoms with Crippen molar-refractivity contribution in [1.29, 1.82) is 0 Å². The number of amides is 1. The van der Waals surface area contributed by atoms with Gasteiger partial charge in [0.05, 0.1) is 25.0 Å². The second-order valence-electron chi connectivity index (χ2n) is 6.53. The summed E-state index contributed by atoms with van der Waals surface area (Å²) in [6, 6.07) is -1.78. The lowest BCUT2D eigenvalue weighted by atomic mass is 10.1. The monoisotopic (exact) mass is 380 g/mol. The van der Waals surface area contributed by atoms with Crippen LogP contribution in [0.25, 0.3) is 11.2 Å². The van der Waals surface area contributed by atoms with Gasteiger partial charge in [-0.05, 0) is 0 Å². The van der Waals surface area contributed by atoms with E-state index < -0.39 is 43.0 Å². The molecule has 12 nitrogen and oxygen atoms in total. The summed E-state index contributed by atoms with van der Waals surface area (Å²) in [6.07, 6.45) is -0.0284. The predicted octanol–water partition coefficient (Wildman–Crippen LogP) is -3.09. The lowest BCUT2D eigenvalue weighted by molar-refractivity contribution is -0.123. The van der Waals surface area contributed by atoms with Crippen molar-refractivity contribution in [3.63, 3.8) is 0 Å². The molecule has 0 aliphatic carbocycles. The fourth-order valence-electron chi connectivity index (χ4n) is 3.04. The Labute approximate surface area is 155 Å². The van der Waals surface area contributed by atoms with E-state index in [1.807, 2.05) is 14.1 Å². The van der Waals surface area contributed by atoms with Crippen LogP contribution in [-0.2, 0) is 9.53 Å². The first kappa shape index (κ1) is 19.4. The van der Waals surface area contributed by atoms with Crippen LogP contribution in [0.3, 0.4) is 0 Å². The summed E-state index contributed by atoms with van der Waals surface area (Å²) in [7, 11) is 3.66. The van der Waals surface area contributed by atoms with Gasteiger partial charge in [-0.3, -0.25) is 9.36 Å². The van der Waals surface area contributed by atoms with Crippen molar-refractivity contribution in [2.45, 2.75) is 30.5 Å². The average molecular weight is 380 g/mol. The molecule has 1 amide bonds. The number of ether oxygens (including phenoxy) is 1. The molecule has 0 bridgehead atoms. The van der Waals surface area contributed by atoms with Gasteiger partial charge in [-0.2, -0.15) is 0 Å². The highest BCUT2D eigenvalue weighted by molar-refractivity contribution is 5.83. The van der Waals surface area contributed by atoms with E-state index in [1.54, 1.807) is 9.47 Å². The number of hydrogen-bond acceptors (Lipinski definition) is 10. The van der Waals surface area contributed by atoms with Crippen LogP contribution in [0.2, 0.25) is 0 Å². The second-order valence-corrected chi connectivity index (χ2v) is 6.53. The highest BCUT2D eigenvalue weighted by Crippen LogP contribution is 2.32. The van der Waals surface area contributed by atoms with E-state index in [9.17, 15) is 15.0 Å². The molecule has 1 aliphatic heterocycles. The molecule has 1 aliphatic rings. The summed E-state index contributed by atoms with van der Waals surface area (Å²) in [5, 5.41) is 22.9. The van der Waals surface area contributed by atoms with E-state index in [-0.39, 0.29) is 6.54 Å². The van der Waals surface area contributed by atoms with Crippen LogP contribution in [0.1, 0.15) is 6.23 Å². The number of carbonyl (C=O) groups excluding carboxylic acids is 1. The Hall–Kier alpha value is -2.38. The minimum absolute atomic E-state index is 0.0425. The van der Waals surface area contributed by atoms with Gasteiger partial charge >= 0.3 is 0 Å². The molecule has 12 heteroatoms. The summed E-state index contributed by atoms with van der Waals surface area (Å²) in [6.45, 7) is -0.444. The molecule has 5 atom stereocenters. The van der Waals surface area contributed by atoms with Gasteiger partial charge in [0.15, 0.2) is 23.2 Å². The number of nitrogens with two attached hydrogens (primary N) is 2. The van der Waals surface area contributed by atoms with Gasteiger partial charge in [0.2, 0.25) is 5.91 Å². The van der Waals surface area contributed by atoms with Crippen LogP contribution in [0.15, 0.2) is 12.7 Å². The molecule has 3 heterocycles. The number of aliphatic hydroxyl groups excluding tert-OH is 2. The average Bonchev–Trinajstić information content (AvgIpc) is 3.22. The SMILES string of the molecule is CN(C)c1ncnc2c1ncn2C1OC(CO)C(NC(=O)C(N)CN)C1O. The summed E-state index contributed by atoms with van der Waals surface area (Å²) < 4.78 is 7.31. The van der Waals surface area contributed by atoms with Crippen LogP contribution >= 0.6 is 0 Å². The number of aliphatic hydroxyl groups is 2. The van der Waals surface area contributed by atoms with Gasteiger partial charge in [-0.1, -0.05) is 0 Å². The fourth-order valence-corrected chi connectivity index (χ4v) is 3.04. The number of aromatic nitrogens is 4. The van der Waals surface area contributed by atoms with Gasteiger partial charge in [-0.15, -0.1) is 0 Å². The highest BCUT2D eigenvalue weighted by Gasteiger charge is 2.46. The molecule has 3 rings (SSSR count). The minimum atomic E-state index is -1.16. The predicted molar refractivity (Wildman–Crippen MR) is 95.6 cm³/mol. The van der Waals surface area contributed by atoms with Crippen LogP contribution in [0.4, 0.5) is 5.82 Å². The molecule has 2 aromatic rings. The van der Waals surface area contributed by atoms with E-state index in [4.69, 9.17) is 16.2 Å². The third-order valence-corrected chi connectivity index (χ3v) is 4.49. The first-order valence-electron chi connectivity index (χ1n) is 8.44.